The highest BCUT2D eigenvalue weighted by atomic mass is 29.1. The summed E-state index contributed by atoms with van der Waals surface area (Å²) in [6.07, 6.45) is 5.80. The van der Waals surface area contributed by atoms with E-state index in [4.69, 9.17) is 0 Å². The Morgan fingerprint density at radius 3 is 2.08 bits per heavy atom. The molecule has 0 heterocycles. The van der Waals surface area contributed by atoms with Crippen LogP contribution in [0.3, 0.4) is 0 Å². The fourth-order valence-electron chi connectivity index (χ4n) is 1.93. The second-order valence-electron chi connectivity index (χ2n) is 4.64. The van der Waals surface area contributed by atoms with Gasteiger partial charge in [-0.25, -0.2) is 0 Å². The molecular formula is C11H28Si2. The number of hydrogen-bond acceptors (Lipinski definition) is 0. The molecule has 3 unspecified atom stereocenters. The molecular weight excluding hydrogens is 188 g/mol. The Hall–Kier alpha value is 0.434. The molecule has 80 valence electrons. The molecule has 0 spiro atoms. The molecule has 0 N–H and O–H groups in total. The van der Waals surface area contributed by atoms with Crippen LogP contribution in [0.2, 0.25) is 5.54 Å². The Morgan fingerprint density at radius 2 is 1.69 bits per heavy atom. The molecule has 0 saturated heterocycles. The summed E-state index contributed by atoms with van der Waals surface area (Å²) in [6, 6.07) is 0. The van der Waals surface area contributed by atoms with E-state index < -0.39 is 0 Å². The lowest BCUT2D eigenvalue weighted by atomic mass is 9.95. The van der Waals surface area contributed by atoms with Crippen LogP contribution < -0.4 is 0 Å². The summed E-state index contributed by atoms with van der Waals surface area (Å²) >= 11 is 0. The molecule has 0 saturated carbocycles. The van der Waals surface area contributed by atoms with E-state index in [9.17, 15) is 0 Å². The molecule has 0 aliphatic rings. The van der Waals surface area contributed by atoms with Crippen LogP contribution in [-0.2, 0) is 0 Å². The summed E-state index contributed by atoms with van der Waals surface area (Å²) < 4.78 is 0. The van der Waals surface area contributed by atoms with E-state index in [1.54, 1.807) is 6.42 Å². The summed E-state index contributed by atoms with van der Waals surface area (Å²) in [5, 5.41) is 0. The topological polar surface area (TPSA) is 0 Å². The Balaban J connectivity index is 3.71. The van der Waals surface area contributed by atoms with Crippen LogP contribution >= 0.6 is 0 Å². The largest absolute Gasteiger partial charge is 0.0651 e. The van der Waals surface area contributed by atoms with Gasteiger partial charge in [0.05, 0.1) is 0 Å². The molecule has 3 atom stereocenters. The zero-order chi connectivity index (χ0) is 10.3. The van der Waals surface area contributed by atoms with E-state index >= 15 is 0 Å². The molecule has 2 heteroatoms. The van der Waals surface area contributed by atoms with Gasteiger partial charge in [0, 0.05) is 9.04 Å². The number of hydrogen-bond donors (Lipinski definition) is 0. The molecule has 0 aromatic heterocycles. The van der Waals surface area contributed by atoms with Crippen LogP contribution in [0, 0.1) is 11.8 Å². The summed E-state index contributed by atoms with van der Waals surface area (Å²) in [4.78, 5) is 0. The third-order valence-electron chi connectivity index (χ3n) is 3.70. The minimum Gasteiger partial charge on any atom is -0.0651 e. The Labute approximate surface area is 89.9 Å². The Bertz CT molecular complexity index is 115. The van der Waals surface area contributed by atoms with Crippen molar-refractivity contribution in [1.29, 1.82) is 0 Å². The first-order valence-electron chi connectivity index (χ1n) is 6.15. The van der Waals surface area contributed by atoms with Crippen molar-refractivity contribution in [2.45, 2.75) is 58.9 Å². The van der Waals surface area contributed by atoms with Crippen molar-refractivity contribution in [2.75, 3.05) is 0 Å². The maximum Gasteiger partial charge on any atom is 0.00828 e. The number of rotatable bonds is 7. The molecule has 0 radical (unpaired) electrons. The van der Waals surface area contributed by atoms with Crippen molar-refractivity contribution >= 4 is 18.8 Å². The average Bonchev–Trinajstić information content (AvgIpc) is 2.17. The highest BCUT2D eigenvalue weighted by molar-refractivity contribution is 6.90. The van der Waals surface area contributed by atoms with Crippen LogP contribution in [0.1, 0.15) is 53.4 Å². The summed E-state index contributed by atoms with van der Waals surface area (Å²) in [7, 11) is 1.88. The lowest BCUT2D eigenvalue weighted by Crippen LogP contribution is -2.13. The van der Waals surface area contributed by atoms with Crippen LogP contribution in [0.4, 0.5) is 0 Å². The van der Waals surface area contributed by atoms with E-state index in [0.29, 0.717) is 9.04 Å². The predicted octanol–water partition coefficient (Wildman–Crippen LogP) is 2.10. The quantitative estimate of drug-likeness (QED) is 0.572. The summed E-state index contributed by atoms with van der Waals surface area (Å²) in [6.45, 7) is 9.54. The van der Waals surface area contributed by atoms with E-state index in [1.807, 2.05) is 0 Å². The van der Waals surface area contributed by atoms with E-state index in [2.05, 4.69) is 27.7 Å². The highest BCUT2D eigenvalue weighted by Gasteiger charge is 2.14. The maximum atomic E-state index is 2.46. The van der Waals surface area contributed by atoms with E-state index in [-0.39, 0.29) is 0 Å². The van der Waals surface area contributed by atoms with Gasteiger partial charge < -0.3 is 0 Å². The van der Waals surface area contributed by atoms with Crippen LogP contribution in [0.15, 0.2) is 0 Å². The van der Waals surface area contributed by atoms with Crippen molar-refractivity contribution < 1.29 is 0 Å². The van der Waals surface area contributed by atoms with Crippen molar-refractivity contribution in [3.8, 4) is 0 Å². The molecule has 0 nitrogen and oxygen atoms in total. The molecule has 0 bridgehead atoms. The summed E-state index contributed by atoms with van der Waals surface area (Å²) in [5.74, 6) is 1.99. The van der Waals surface area contributed by atoms with Gasteiger partial charge in [-0.3, -0.25) is 0 Å². The minimum absolute atomic E-state index is 0.358. The maximum absolute atomic E-state index is 2.46. The minimum atomic E-state index is 0.358. The smallest absolute Gasteiger partial charge is 0.00828 e. The molecule has 0 amide bonds. The third kappa shape index (κ3) is 5.68. The van der Waals surface area contributed by atoms with Crippen molar-refractivity contribution in [3.05, 3.63) is 0 Å². The first kappa shape index (κ1) is 13.4. The first-order valence-corrected chi connectivity index (χ1v) is 12.6. The molecule has 0 aromatic rings. The van der Waals surface area contributed by atoms with Crippen molar-refractivity contribution in [2.24, 2.45) is 11.8 Å². The van der Waals surface area contributed by atoms with Gasteiger partial charge in [0.2, 0.25) is 0 Å². The monoisotopic (exact) mass is 216 g/mol. The van der Waals surface area contributed by atoms with E-state index in [1.165, 1.54) is 34.6 Å². The zero-order valence-electron chi connectivity index (χ0n) is 10.3. The molecule has 13 heavy (non-hydrogen) atoms. The lowest BCUT2D eigenvalue weighted by Gasteiger charge is -2.22. The highest BCUT2D eigenvalue weighted by Crippen LogP contribution is 2.27. The second kappa shape index (κ2) is 7.80. The predicted molar refractivity (Wildman–Crippen MR) is 70.4 cm³/mol. The van der Waals surface area contributed by atoms with Gasteiger partial charge in [-0.1, -0.05) is 58.9 Å². The van der Waals surface area contributed by atoms with Crippen LogP contribution in [-0.4, -0.2) is 18.8 Å². The van der Waals surface area contributed by atoms with Gasteiger partial charge in [0.15, 0.2) is 0 Å². The molecule has 0 fully saturated rings. The Morgan fingerprint density at radius 1 is 1.08 bits per heavy atom. The first-order chi connectivity index (χ1) is 6.15. The third-order valence-corrected chi connectivity index (χ3v) is 9.11. The SMILES string of the molecule is CCC(C)CCC([SiH2][SiH3])C(C)CC. The summed E-state index contributed by atoms with van der Waals surface area (Å²) in [5.41, 5.74) is 1.17. The van der Waals surface area contributed by atoms with E-state index in [0.717, 1.165) is 11.8 Å². The normalized spacial score (nSPS) is 19.4. The zero-order valence-corrected chi connectivity index (χ0v) is 13.7. The van der Waals surface area contributed by atoms with Gasteiger partial charge in [-0.2, -0.15) is 0 Å². The van der Waals surface area contributed by atoms with Crippen molar-refractivity contribution in [1.82, 2.24) is 0 Å². The molecule has 0 rings (SSSR count). The van der Waals surface area contributed by atoms with Gasteiger partial charge in [0.25, 0.3) is 0 Å². The molecule has 0 aromatic carbocycles. The van der Waals surface area contributed by atoms with Gasteiger partial charge in [0.1, 0.15) is 0 Å². The standard InChI is InChI=1S/C11H28Si2/c1-5-9(3)7-8-11(13-12)10(4)6-2/h9-11H,5-8,13H2,1-4,12H3. The molecule has 0 aliphatic carbocycles. The van der Waals surface area contributed by atoms with Gasteiger partial charge in [-0.05, 0) is 21.6 Å². The fourth-order valence-corrected chi connectivity index (χ4v) is 7.35. The van der Waals surface area contributed by atoms with Gasteiger partial charge >= 0.3 is 0 Å². The van der Waals surface area contributed by atoms with Crippen molar-refractivity contribution in [3.63, 3.8) is 0 Å². The average molecular weight is 217 g/mol. The lowest BCUT2D eigenvalue weighted by molar-refractivity contribution is 0.427. The van der Waals surface area contributed by atoms with Crippen LogP contribution in [0.5, 0.6) is 0 Å². The fraction of sp³-hybridized carbons (Fsp3) is 1.00. The van der Waals surface area contributed by atoms with Crippen LogP contribution in [0.25, 0.3) is 0 Å². The second-order valence-corrected chi connectivity index (χ2v) is 8.96. The molecule has 0 aliphatic heterocycles. The van der Waals surface area contributed by atoms with Gasteiger partial charge in [-0.15, -0.1) is 0 Å². The Kier molecular flexibility index (Phi) is 8.06.